The number of aryl methyl sites for hydroxylation is 1. The second-order valence-electron chi connectivity index (χ2n) is 6.79. The third kappa shape index (κ3) is 4.23. The lowest BCUT2D eigenvalue weighted by atomic mass is 10.1. The second kappa shape index (κ2) is 9.12. The lowest BCUT2D eigenvalue weighted by Crippen LogP contribution is -2.42. The van der Waals surface area contributed by atoms with E-state index in [2.05, 4.69) is 22.1 Å². The Labute approximate surface area is 177 Å². The van der Waals surface area contributed by atoms with Crippen LogP contribution in [0.5, 0.6) is 0 Å². The average Bonchev–Trinajstić information content (AvgIpc) is 3.23. The van der Waals surface area contributed by atoms with Crippen molar-refractivity contribution in [2.75, 3.05) is 11.5 Å². The molecule has 2 aromatic heterocycles. The number of carbonyl (C=O) groups is 1. The number of rotatable bonds is 8. The summed E-state index contributed by atoms with van der Waals surface area (Å²) >= 11 is 1.10. The largest absolute Gasteiger partial charge is 0.384 e. The van der Waals surface area contributed by atoms with Crippen molar-refractivity contribution in [1.29, 1.82) is 0 Å². The molecule has 0 saturated carbocycles. The van der Waals surface area contributed by atoms with Crippen LogP contribution in [-0.4, -0.2) is 35.9 Å². The smallest absolute Gasteiger partial charge is 0.332 e. The van der Waals surface area contributed by atoms with Crippen molar-refractivity contribution < 1.29 is 4.79 Å². The molecule has 0 amide bonds. The van der Waals surface area contributed by atoms with E-state index in [1.807, 2.05) is 31.2 Å². The van der Waals surface area contributed by atoms with Gasteiger partial charge in [0.15, 0.2) is 11.6 Å². The Kier molecular flexibility index (Phi) is 6.56. The molecule has 0 radical (unpaired) electrons. The van der Waals surface area contributed by atoms with E-state index in [4.69, 9.17) is 5.73 Å². The first-order valence-corrected chi connectivity index (χ1v) is 10.6. The molecule has 2 heterocycles. The summed E-state index contributed by atoms with van der Waals surface area (Å²) in [7, 11) is 1.34. The third-order valence-corrected chi connectivity index (χ3v) is 5.59. The molecule has 0 fully saturated rings. The highest BCUT2D eigenvalue weighted by Crippen LogP contribution is 2.21. The molecule has 0 spiro atoms. The molecule has 0 aliphatic heterocycles. The summed E-state index contributed by atoms with van der Waals surface area (Å²) in [6.45, 7) is 4.29. The number of nitrogens with one attached hydrogen (secondary N) is 1. The molecule has 0 saturated heterocycles. The molecule has 0 aliphatic rings. The summed E-state index contributed by atoms with van der Waals surface area (Å²) in [5.74, 6) is -0.0427. The predicted molar refractivity (Wildman–Crippen MR) is 117 cm³/mol. The maximum atomic E-state index is 12.7. The number of aromatic amines is 1. The third-order valence-electron chi connectivity index (χ3n) is 4.74. The van der Waals surface area contributed by atoms with Gasteiger partial charge in [-0.1, -0.05) is 49.9 Å². The number of H-pyrrole nitrogens is 1. The number of thioether (sulfide) groups is 1. The Morgan fingerprint density at radius 2 is 1.90 bits per heavy atom. The Balaban J connectivity index is 1.79. The van der Waals surface area contributed by atoms with E-state index in [0.29, 0.717) is 23.9 Å². The number of nitrogens with zero attached hydrogens (tertiary/aromatic N) is 4. The van der Waals surface area contributed by atoms with Gasteiger partial charge in [0.25, 0.3) is 5.56 Å². The molecule has 3 rings (SSSR count). The van der Waals surface area contributed by atoms with Crippen LogP contribution in [0, 0.1) is 0 Å². The predicted octanol–water partition coefficient (Wildman–Crippen LogP) is 1.86. The van der Waals surface area contributed by atoms with E-state index in [9.17, 15) is 14.4 Å². The fourth-order valence-electron chi connectivity index (χ4n) is 3.03. The van der Waals surface area contributed by atoms with Crippen molar-refractivity contribution in [2.24, 2.45) is 7.05 Å². The lowest BCUT2D eigenvalue weighted by Gasteiger charge is -2.13. The normalized spacial score (nSPS) is 11.0. The Morgan fingerprint density at radius 1 is 1.20 bits per heavy atom. The molecule has 3 aromatic rings. The van der Waals surface area contributed by atoms with E-state index in [1.165, 1.54) is 17.2 Å². The van der Waals surface area contributed by atoms with Crippen LogP contribution < -0.4 is 17.0 Å². The minimum absolute atomic E-state index is 0.0736. The van der Waals surface area contributed by atoms with E-state index >= 15 is 0 Å². The van der Waals surface area contributed by atoms with Crippen molar-refractivity contribution in [3.8, 4) is 11.4 Å². The van der Waals surface area contributed by atoms with Gasteiger partial charge in [-0.3, -0.25) is 23.8 Å². The van der Waals surface area contributed by atoms with Crippen LogP contribution in [-0.2, 0) is 20.0 Å². The number of Topliss-reactive ketones (excluding diaryl/α,β-unsaturated/α-hetero) is 1. The Bertz CT molecular complexity index is 1180. The Hall–Kier alpha value is -3.14. The summed E-state index contributed by atoms with van der Waals surface area (Å²) < 4.78 is 2.17. The first-order valence-electron chi connectivity index (χ1n) is 9.64. The SMILES string of the molecule is CCCn1c(N)c(C(=O)CSc2n[nH]c(-c3ccc(CC)cc3)n2)c(=O)n(C)c1=O. The maximum Gasteiger partial charge on any atom is 0.332 e. The number of hydrogen-bond donors (Lipinski definition) is 2. The fraction of sp³-hybridized carbons (Fsp3) is 0.350. The number of benzene rings is 1. The van der Waals surface area contributed by atoms with E-state index in [1.54, 1.807) is 0 Å². The molecule has 30 heavy (non-hydrogen) atoms. The number of anilines is 1. The number of ketones is 1. The topological polar surface area (TPSA) is 129 Å². The van der Waals surface area contributed by atoms with E-state index < -0.39 is 17.0 Å². The molecule has 0 unspecified atom stereocenters. The van der Waals surface area contributed by atoms with E-state index in [0.717, 1.165) is 28.3 Å². The molecular weight excluding hydrogens is 404 g/mol. The Morgan fingerprint density at radius 3 is 2.53 bits per heavy atom. The molecule has 0 bridgehead atoms. The van der Waals surface area contributed by atoms with Gasteiger partial charge in [-0.25, -0.2) is 9.78 Å². The van der Waals surface area contributed by atoms with Crippen molar-refractivity contribution in [3.05, 3.63) is 56.2 Å². The highest BCUT2D eigenvalue weighted by atomic mass is 32.2. The van der Waals surface area contributed by atoms with Gasteiger partial charge in [0.2, 0.25) is 5.16 Å². The van der Waals surface area contributed by atoms with Gasteiger partial charge in [-0.05, 0) is 18.4 Å². The van der Waals surface area contributed by atoms with Crippen LogP contribution in [0.1, 0.15) is 36.2 Å². The number of carbonyl (C=O) groups excluding carboxylic acids is 1. The molecule has 0 atom stereocenters. The zero-order valence-electron chi connectivity index (χ0n) is 17.1. The summed E-state index contributed by atoms with van der Waals surface area (Å²) in [6.07, 6.45) is 1.60. The summed E-state index contributed by atoms with van der Waals surface area (Å²) in [5, 5.41) is 7.37. The van der Waals surface area contributed by atoms with Gasteiger partial charge < -0.3 is 5.73 Å². The summed E-state index contributed by atoms with van der Waals surface area (Å²) in [5.41, 5.74) is 6.71. The van der Waals surface area contributed by atoms with E-state index in [-0.39, 0.29) is 17.1 Å². The van der Waals surface area contributed by atoms with Crippen molar-refractivity contribution in [2.45, 2.75) is 38.4 Å². The summed E-state index contributed by atoms with van der Waals surface area (Å²) in [4.78, 5) is 41.8. The van der Waals surface area contributed by atoms with Gasteiger partial charge in [0.1, 0.15) is 11.4 Å². The zero-order chi connectivity index (χ0) is 21.8. The molecule has 1 aromatic carbocycles. The zero-order valence-corrected chi connectivity index (χ0v) is 18.0. The molecule has 10 heteroatoms. The quantitative estimate of drug-likeness (QED) is 0.414. The van der Waals surface area contributed by atoms with Crippen LogP contribution >= 0.6 is 11.8 Å². The number of nitrogen functional groups attached to an aromatic ring is 1. The van der Waals surface area contributed by atoms with Gasteiger partial charge in [0, 0.05) is 19.2 Å². The lowest BCUT2D eigenvalue weighted by molar-refractivity contribution is 0.102. The van der Waals surface area contributed by atoms with Gasteiger partial charge in [-0.2, -0.15) is 0 Å². The monoisotopic (exact) mass is 428 g/mol. The molecule has 9 nitrogen and oxygen atoms in total. The number of aromatic nitrogens is 5. The number of nitrogens with two attached hydrogens (primary N) is 1. The van der Waals surface area contributed by atoms with Crippen molar-refractivity contribution in [3.63, 3.8) is 0 Å². The molecular formula is C20H24N6O3S. The number of hydrogen-bond acceptors (Lipinski definition) is 7. The second-order valence-corrected chi connectivity index (χ2v) is 7.73. The first kappa shape index (κ1) is 21.6. The van der Waals surface area contributed by atoms with Gasteiger partial charge in [-0.15, -0.1) is 5.10 Å². The summed E-state index contributed by atoms with van der Waals surface area (Å²) in [6, 6.07) is 7.97. The first-order chi connectivity index (χ1) is 14.4. The fourth-order valence-corrected chi connectivity index (χ4v) is 3.70. The highest BCUT2D eigenvalue weighted by molar-refractivity contribution is 7.99. The van der Waals surface area contributed by atoms with Crippen LogP contribution in [0.2, 0.25) is 0 Å². The minimum atomic E-state index is -0.692. The van der Waals surface area contributed by atoms with Gasteiger partial charge >= 0.3 is 5.69 Å². The molecule has 158 valence electrons. The maximum absolute atomic E-state index is 12.7. The van der Waals surface area contributed by atoms with Crippen LogP contribution in [0.25, 0.3) is 11.4 Å². The van der Waals surface area contributed by atoms with Crippen LogP contribution in [0.15, 0.2) is 39.0 Å². The molecule has 3 N–H and O–H groups in total. The standard InChI is InChI=1S/C20H24N6O3S/c1-4-10-26-16(21)15(18(28)25(3)20(26)29)14(27)11-30-19-22-17(23-24-19)13-8-6-12(5-2)7-9-13/h6-9H,4-5,10-11,21H2,1-3H3,(H,22,23,24). The average molecular weight is 429 g/mol. The van der Waals surface area contributed by atoms with Crippen LogP contribution in [0.4, 0.5) is 5.82 Å². The minimum Gasteiger partial charge on any atom is -0.384 e. The highest BCUT2D eigenvalue weighted by Gasteiger charge is 2.22. The van der Waals surface area contributed by atoms with Crippen LogP contribution in [0.3, 0.4) is 0 Å². The van der Waals surface area contributed by atoms with Crippen molar-refractivity contribution in [1.82, 2.24) is 24.3 Å². The molecule has 0 aliphatic carbocycles. The van der Waals surface area contributed by atoms with Gasteiger partial charge in [0.05, 0.1) is 5.75 Å². The van der Waals surface area contributed by atoms with Crippen molar-refractivity contribution >= 4 is 23.4 Å².